The van der Waals surface area contributed by atoms with Gasteiger partial charge in [0.15, 0.2) is 0 Å². The summed E-state index contributed by atoms with van der Waals surface area (Å²) in [5.74, 6) is -0.699. The Balaban J connectivity index is 1.94. The SMILES string of the molecule is COc1ccc(Nc2ccc(C(=O)O)c(O)c2)cc1-c1ccccc1. The smallest absolute Gasteiger partial charge is 0.339 e. The highest BCUT2D eigenvalue weighted by Gasteiger charge is 2.11. The number of carboxylic acid groups (broad SMARTS) is 1. The quantitative estimate of drug-likeness (QED) is 0.639. The van der Waals surface area contributed by atoms with Crippen LogP contribution in [-0.4, -0.2) is 23.3 Å². The molecule has 126 valence electrons. The number of phenols is 1. The number of nitrogens with one attached hydrogen (secondary N) is 1. The molecule has 5 nitrogen and oxygen atoms in total. The van der Waals surface area contributed by atoms with Crippen LogP contribution in [0.1, 0.15) is 10.4 Å². The zero-order valence-electron chi connectivity index (χ0n) is 13.6. The van der Waals surface area contributed by atoms with Gasteiger partial charge in [-0.3, -0.25) is 0 Å². The second-order valence-electron chi connectivity index (χ2n) is 5.44. The number of rotatable bonds is 5. The Labute approximate surface area is 145 Å². The summed E-state index contributed by atoms with van der Waals surface area (Å²) in [6, 6.07) is 19.9. The molecule has 0 aliphatic carbocycles. The van der Waals surface area contributed by atoms with Gasteiger partial charge in [0.05, 0.1) is 7.11 Å². The minimum atomic E-state index is -1.17. The van der Waals surface area contributed by atoms with Crippen molar-refractivity contribution in [1.82, 2.24) is 0 Å². The van der Waals surface area contributed by atoms with Crippen LogP contribution in [0.3, 0.4) is 0 Å². The van der Waals surface area contributed by atoms with E-state index >= 15 is 0 Å². The molecule has 25 heavy (non-hydrogen) atoms. The summed E-state index contributed by atoms with van der Waals surface area (Å²) >= 11 is 0. The predicted octanol–water partition coefficient (Wildman–Crippen LogP) is 4.51. The maximum absolute atomic E-state index is 11.0. The molecule has 0 bridgehead atoms. The molecular weight excluding hydrogens is 318 g/mol. The van der Waals surface area contributed by atoms with Gasteiger partial charge in [-0.05, 0) is 35.9 Å². The summed E-state index contributed by atoms with van der Waals surface area (Å²) in [5, 5.41) is 21.9. The Kier molecular flexibility index (Phi) is 4.57. The van der Waals surface area contributed by atoms with E-state index in [-0.39, 0.29) is 11.3 Å². The van der Waals surface area contributed by atoms with Crippen molar-refractivity contribution in [2.45, 2.75) is 0 Å². The van der Waals surface area contributed by atoms with Crippen LogP contribution in [-0.2, 0) is 0 Å². The Bertz CT molecular complexity index is 907. The first-order chi connectivity index (χ1) is 12.1. The van der Waals surface area contributed by atoms with E-state index in [9.17, 15) is 9.90 Å². The van der Waals surface area contributed by atoms with Crippen molar-refractivity contribution >= 4 is 17.3 Å². The van der Waals surface area contributed by atoms with Crippen molar-refractivity contribution in [3.05, 3.63) is 72.3 Å². The van der Waals surface area contributed by atoms with Crippen molar-refractivity contribution in [2.75, 3.05) is 12.4 Å². The average molecular weight is 335 g/mol. The van der Waals surface area contributed by atoms with E-state index in [0.717, 1.165) is 22.6 Å². The molecule has 0 heterocycles. The third-order valence-corrected chi connectivity index (χ3v) is 3.80. The molecular formula is C20H17NO4. The fourth-order valence-electron chi connectivity index (χ4n) is 2.59. The maximum Gasteiger partial charge on any atom is 0.339 e. The highest BCUT2D eigenvalue weighted by Crippen LogP contribution is 2.34. The number of aromatic hydroxyl groups is 1. The van der Waals surface area contributed by atoms with Crippen molar-refractivity contribution in [1.29, 1.82) is 0 Å². The number of hydrogen-bond donors (Lipinski definition) is 3. The van der Waals surface area contributed by atoms with Gasteiger partial charge in [-0.1, -0.05) is 30.3 Å². The minimum Gasteiger partial charge on any atom is -0.507 e. The summed E-state index contributed by atoms with van der Waals surface area (Å²) in [6.45, 7) is 0. The monoisotopic (exact) mass is 335 g/mol. The van der Waals surface area contributed by atoms with Crippen LogP contribution in [0.4, 0.5) is 11.4 Å². The summed E-state index contributed by atoms with van der Waals surface area (Å²) < 4.78 is 5.43. The molecule has 0 radical (unpaired) electrons. The molecule has 5 heteroatoms. The lowest BCUT2D eigenvalue weighted by atomic mass is 10.0. The molecule has 0 amide bonds. The highest BCUT2D eigenvalue weighted by molar-refractivity contribution is 5.91. The van der Waals surface area contributed by atoms with Gasteiger partial charge in [0.1, 0.15) is 17.1 Å². The van der Waals surface area contributed by atoms with Gasteiger partial charge in [0, 0.05) is 23.0 Å². The van der Waals surface area contributed by atoms with Crippen molar-refractivity contribution in [2.24, 2.45) is 0 Å². The van der Waals surface area contributed by atoms with Gasteiger partial charge in [-0.15, -0.1) is 0 Å². The standard InChI is InChI=1S/C20H17NO4/c1-25-19-10-8-14(11-17(19)13-5-3-2-4-6-13)21-15-7-9-16(20(23)24)18(22)12-15/h2-12,21-22H,1H3,(H,23,24). The number of aromatic carboxylic acids is 1. The topological polar surface area (TPSA) is 78.8 Å². The van der Waals surface area contributed by atoms with Crippen molar-refractivity contribution in [3.8, 4) is 22.6 Å². The van der Waals surface area contributed by atoms with Crippen LogP contribution < -0.4 is 10.1 Å². The van der Waals surface area contributed by atoms with E-state index in [4.69, 9.17) is 9.84 Å². The summed E-state index contributed by atoms with van der Waals surface area (Å²) in [7, 11) is 1.62. The second-order valence-corrected chi connectivity index (χ2v) is 5.44. The molecule has 3 aromatic carbocycles. The average Bonchev–Trinajstić information content (AvgIpc) is 2.62. The van der Waals surface area contributed by atoms with Gasteiger partial charge in [-0.2, -0.15) is 0 Å². The van der Waals surface area contributed by atoms with Gasteiger partial charge in [-0.25, -0.2) is 4.79 Å². The normalized spacial score (nSPS) is 10.3. The van der Waals surface area contributed by atoms with Crippen LogP contribution in [0, 0.1) is 0 Å². The third kappa shape index (κ3) is 3.55. The van der Waals surface area contributed by atoms with Crippen LogP contribution in [0.5, 0.6) is 11.5 Å². The number of carboxylic acids is 1. The summed E-state index contributed by atoms with van der Waals surface area (Å²) in [6.07, 6.45) is 0. The molecule has 3 aromatic rings. The lowest BCUT2D eigenvalue weighted by Crippen LogP contribution is -1.98. The Morgan fingerprint density at radius 1 is 0.960 bits per heavy atom. The van der Waals surface area contributed by atoms with E-state index in [1.54, 1.807) is 13.2 Å². The van der Waals surface area contributed by atoms with Gasteiger partial charge in [0.25, 0.3) is 0 Å². The Hall–Kier alpha value is -3.47. The van der Waals surface area contributed by atoms with Crippen LogP contribution in [0.25, 0.3) is 11.1 Å². The zero-order chi connectivity index (χ0) is 17.8. The molecule has 0 aromatic heterocycles. The Morgan fingerprint density at radius 2 is 1.64 bits per heavy atom. The van der Waals surface area contributed by atoms with Crippen molar-refractivity contribution < 1.29 is 19.7 Å². The first-order valence-electron chi connectivity index (χ1n) is 7.65. The summed E-state index contributed by atoms with van der Waals surface area (Å²) in [5.41, 5.74) is 3.20. The number of ether oxygens (including phenoxy) is 1. The molecule has 0 saturated carbocycles. The molecule has 0 spiro atoms. The van der Waals surface area contributed by atoms with Crippen LogP contribution in [0.15, 0.2) is 66.7 Å². The largest absolute Gasteiger partial charge is 0.507 e. The molecule has 0 unspecified atom stereocenters. The first kappa shape index (κ1) is 16.4. The van der Waals surface area contributed by atoms with Crippen LogP contribution in [0.2, 0.25) is 0 Å². The molecule has 0 aliphatic heterocycles. The fourth-order valence-corrected chi connectivity index (χ4v) is 2.59. The first-order valence-corrected chi connectivity index (χ1v) is 7.65. The maximum atomic E-state index is 11.0. The van der Waals surface area contributed by atoms with E-state index in [1.165, 1.54) is 12.1 Å². The van der Waals surface area contributed by atoms with Gasteiger partial charge < -0.3 is 20.3 Å². The number of anilines is 2. The second kappa shape index (κ2) is 6.97. The molecule has 0 saturated heterocycles. The number of benzene rings is 3. The van der Waals surface area contributed by atoms with Gasteiger partial charge in [0.2, 0.25) is 0 Å². The fraction of sp³-hybridized carbons (Fsp3) is 0.0500. The molecule has 0 fully saturated rings. The number of methoxy groups -OCH3 is 1. The number of hydrogen-bond acceptors (Lipinski definition) is 4. The van der Waals surface area contributed by atoms with Crippen LogP contribution >= 0.6 is 0 Å². The Morgan fingerprint density at radius 3 is 2.28 bits per heavy atom. The lowest BCUT2D eigenvalue weighted by Gasteiger charge is -2.13. The minimum absolute atomic E-state index is 0.134. The summed E-state index contributed by atoms with van der Waals surface area (Å²) in [4.78, 5) is 11.0. The predicted molar refractivity (Wildman–Crippen MR) is 96.8 cm³/mol. The van der Waals surface area contributed by atoms with E-state index in [0.29, 0.717) is 5.69 Å². The zero-order valence-corrected chi connectivity index (χ0v) is 13.6. The van der Waals surface area contributed by atoms with E-state index in [1.807, 2.05) is 48.5 Å². The molecule has 3 rings (SSSR count). The molecule has 3 N–H and O–H groups in total. The number of carbonyl (C=O) groups is 1. The van der Waals surface area contributed by atoms with Gasteiger partial charge >= 0.3 is 5.97 Å². The highest BCUT2D eigenvalue weighted by atomic mass is 16.5. The lowest BCUT2D eigenvalue weighted by molar-refractivity contribution is 0.0694. The third-order valence-electron chi connectivity index (χ3n) is 3.80. The van der Waals surface area contributed by atoms with E-state index < -0.39 is 5.97 Å². The molecule has 0 aliphatic rings. The van der Waals surface area contributed by atoms with E-state index in [2.05, 4.69) is 5.32 Å². The molecule has 0 atom stereocenters. The van der Waals surface area contributed by atoms with Crippen molar-refractivity contribution in [3.63, 3.8) is 0 Å².